The molecule has 3 aromatic heterocycles. The first-order chi connectivity index (χ1) is 13.5. The average molecular weight is 389 g/mol. The Morgan fingerprint density at radius 3 is 2.75 bits per heavy atom. The van der Waals surface area contributed by atoms with Crippen LogP contribution in [0.3, 0.4) is 0 Å². The number of nitrogens with zero attached hydrogens (tertiary/aromatic N) is 5. The second-order valence-corrected chi connectivity index (χ2v) is 5.70. The molecule has 3 rings (SSSR count). The lowest BCUT2D eigenvalue weighted by molar-refractivity contribution is -0.139. The molecule has 0 unspecified atom stereocenters. The molecular weight excluding hydrogens is 370 g/mol. The lowest BCUT2D eigenvalue weighted by atomic mass is 10.3. The molecular formula is C16H19N7O5. The molecule has 12 nitrogen and oxygen atoms in total. The highest BCUT2D eigenvalue weighted by Gasteiger charge is 2.17. The van der Waals surface area contributed by atoms with E-state index in [9.17, 15) is 9.90 Å². The van der Waals surface area contributed by atoms with Gasteiger partial charge in [-0.25, -0.2) is 9.78 Å². The predicted octanol–water partition coefficient (Wildman–Crippen LogP) is -0.252. The number of carboxylic acid groups (broad SMARTS) is 1. The van der Waals surface area contributed by atoms with E-state index in [1.807, 2.05) is 0 Å². The van der Waals surface area contributed by atoms with E-state index in [0.29, 0.717) is 25.3 Å². The molecule has 28 heavy (non-hydrogen) atoms. The lowest BCUT2D eigenvalue weighted by Crippen LogP contribution is -2.11. The van der Waals surface area contributed by atoms with Crippen LogP contribution in [0.1, 0.15) is 12.1 Å². The van der Waals surface area contributed by atoms with Crippen molar-refractivity contribution in [1.29, 1.82) is 0 Å². The summed E-state index contributed by atoms with van der Waals surface area (Å²) < 4.78 is 11.9. The summed E-state index contributed by atoms with van der Waals surface area (Å²) in [5, 5.41) is 18.9. The minimum Gasteiger partial charge on any atom is -0.480 e. The topological polar surface area (TPSA) is 185 Å². The van der Waals surface area contributed by atoms with Crippen LogP contribution >= 0.6 is 0 Å². The fraction of sp³-hybridized carbons (Fsp3) is 0.312. The molecule has 0 bridgehead atoms. The van der Waals surface area contributed by atoms with Gasteiger partial charge in [0.2, 0.25) is 5.88 Å². The van der Waals surface area contributed by atoms with Gasteiger partial charge >= 0.3 is 12.0 Å². The lowest BCUT2D eigenvalue weighted by Gasteiger charge is -2.08. The highest BCUT2D eigenvalue weighted by atomic mass is 16.5. The fourth-order valence-electron chi connectivity index (χ4n) is 2.37. The molecule has 0 aromatic carbocycles. The van der Waals surface area contributed by atoms with Crippen molar-refractivity contribution >= 4 is 23.0 Å². The SMILES string of the molecule is NCCCOc1nc(N)c2nc(O)n(Cc3cccc(OCC(=O)O)n3)c2n1. The Morgan fingerprint density at radius 1 is 1.18 bits per heavy atom. The van der Waals surface area contributed by atoms with E-state index in [1.54, 1.807) is 12.1 Å². The van der Waals surface area contributed by atoms with E-state index >= 15 is 0 Å². The summed E-state index contributed by atoms with van der Waals surface area (Å²) in [5.74, 6) is -0.906. The maximum atomic E-state index is 10.6. The molecule has 0 radical (unpaired) electrons. The number of hydrogen-bond donors (Lipinski definition) is 4. The minimum atomic E-state index is -1.11. The summed E-state index contributed by atoms with van der Waals surface area (Å²) in [4.78, 5) is 27.1. The van der Waals surface area contributed by atoms with Crippen LogP contribution < -0.4 is 20.9 Å². The highest BCUT2D eigenvalue weighted by Crippen LogP contribution is 2.25. The van der Waals surface area contributed by atoms with Crippen LogP contribution in [0.15, 0.2) is 18.2 Å². The van der Waals surface area contributed by atoms with Crippen molar-refractivity contribution in [3.05, 3.63) is 23.9 Å². The molecule has 6 N–H and O–H groups in total. The average Bonchev–Trinajstić information content (AvgIpc) is 2.97. The number of imidazole rings is 1. The van der Waals surface area contributed by atoms with Crippen LogP contribution in [0.4, 0.5) is 5.82 Å². The van der Waals surface area contributed by atoms with Gasteiger partial charge < -0.3 is 31.2 Å². The van der Waals surface area contributed by atoms with Gasteiger partial charge in [0.05, 0.1) is 18.8 Å². The number of ether oxygens (including phenoxy) is 2. The molecule has 148 valence electrons. The molecule has 0 aliphatic carbocycles. The fourth-order valence-corrected chi connectivity index (χ4v) is 2.37. The summed E-state index contributed by atoms with van der Waals surface area (Å²) in [5.41, 5.74) is 12.3. The number of rotatable bonds is 9. The first kappa shape index (κ1) is 19.1. The smallest absolute Gasteiger partial charge is 0.341 e. The van der Waals surface area contributed by atoms with Crippen LogP contribution in [-0.2, 0) is 11.3 Å². The van der Waals surface area contributed by atoms with Crippen molar-refractivity contribution in [3.8, 4) is 17.9 Å². The number of carbonyl (C=O) groups is 1. The quantitative estimate of drug-likeness (QED) is 0.354. The number of aliphatic carboxylic acids is 1. The van der Waals surface area contributed by atoms with E-state index in [1.165, 1.54) is 10.6 Å². The number of aromatic nitrogens is 5. The highest BCUT2D eigenvalue weighted by molar-refractivity contribution is 5.83. The molecule has 3 heterocycles. The zero-order valence-electron chi connectivity index (χ0n) is 14.8. The van der Waals surface area contributed by atoms with Crippen molar-refractivity contribution in [2.24, 2.45) is 5.73 Å². The zero-order chi connectivity index (χ0) is 20.1. The number of hydrogen-bond acceptors (Lipinski definition) is 10. The maximum absolute atomic E-state index is 10.6. The van der Waals surface area contributed by atoms with Crippen molar-refractivity contribution in [1.82, 2.24) is 24.5 Å². The first-order valence-electron chi connectivity index (χ1n) is 8.34. The summed E-state index contributed by atoms with van der Waals surface area (Å²) >= 11 is 0. The van der Waals surface area contributed by atoms with E-state index in [-0.39, 0.29) is 41.4 Å². The molecule has 0 aliphatic rings. The number of aromatic hydroxyl groups is 1. The molecule has 0 aliphatic heterocycles. The third-order valence-corrected chi connectivity index (χ3v) is 3.61. The number of nitrogens with two attached hydrogens (primary N) is 2. The first-order valence-corrected chi connectivity index (χ1v) is 8.34. The Hall–Kier alpha value is -3.67. The van der Waals surface area contributed by atoms with E-state index < -0.39 is 12.6 Å². The summed E-state index contributed by atoms with van der Waals surface area (Å²) in [6.07, 6.45) is 0.624. The van der Waals surface area contributed by atoms with Gasteiger partial charge in [-0.2, -0.15) is 15.0 Å². The van der Waals surface area contributed by atoms with Gasteiger partial charge in [-0.15, -0.1) is 0 Å². The van der Waals surface area contributed by atoms with Gasteiger partial charge in [-0.1, -0.05) is 6.07 Å². The molecule has 0 saturated carbocycles. The number of pyridine rings is 1. The van der Waals surface area contributed by atoms with Crippen molar-refractivity contribution in [2.45, 2.75) is 13.0 Å². The van der Waals surface area contributed by atoms with Gasteiger partial charge in [0.1, 0.15) is 0 Å². The van der Waals surface area contributed by atoms with Gasteiger partial charge in [0.15, 0.2) is 23.6 Å². The Labute approximate surface area is 158 Å². The van der Waals surface area contributed by atoms with Crippen molar-refractivity contribution in [2.75, 3.05) is 25.5 Å². The van der Waals surface area contributed by atoms with Crippen molar-refractivity contribution in [3.63, 3.8) is 0 Å². The Balaban J connectivity index is 1.89. The van der Waals surface area contributed by atoms with E-state index in [0.717, 1.165) is 0 Å². The van der Waals surface area contributed by atoms with E-state index in [2.05, 4.69) is 19.9 Å². The summed E-state index contributed by atoms with van der Waals surface area (Å²) in [7, 11) is 0. The second kappa shape index (κ2) is 8.35. The molecule has 0 amide bonds. The van der Waals surface area contributed by atoms with Crippen LogP contribution in [0.5, 0.6) is 17.9 Å². The van der Waals surface area contributed by atoms with Gasteiger partial charge in [-0.05, 0) is 19.0 Å². The van der Waals surface area contributed by atoms with Crippen LogP contribution in [0.25, 0.3) is 11.2 Å². The van der Waals surface area contributed by atoms with Crippen LogP contribution in [0, 0.1) is 0 Å². The minimum absolute atomic E-state index is 0.0473. The zero-order valence-corrected chi connectivity index (χ0v) is 14.8. The molecule has 3 aromatic rings. The molecule has 0 atom stereocenters. The van der Waals surface area contributed by atoms with Crippen LogP contribution in [-0.4, -0.2) is 60.4 Å². The third-order valence-electron chi connectivity index (χ3n) is 3.61. The Kier molecular flexibility index (Phi) is 5.69. The van der Waals surface area contributed by atoms with E-state index in [4.69, 9.17) is 26.0 Å². The number of nitrogen functional groups attached to an aromatic ring is 1. The maximum Gasteiger partial charge on any atom is 0.341 e. The largest absolute Gasteiger partial charge is 0.480 e. The standard InChI is InChI=1S/C16H19N7O5/c17-5-2-6-27-15-21-13(18)12-14(22-15)23(16(26)20-12)7-9-3-1-4-10(19-9)28-8-11(24)25/h1,3-4H,2,5-8,17H2,(H,20,26)(H,24,25)(H2,18,21,22). The number of fused-ring (bicyclic) bond motifs is 1. The monoisotopic (exact) mass is 389 g/mol. The Bertz CT molecular complexity index is 991. The second-order valence-electron chi connectivity index (χ2n) is 5.70. The molecule has 12 heteroatoms. The number of carboxylic acids is 1. The summed E-state index contributed by atoms with van der Waals surface area (Å²) in [6, 6.07) is 4.59. The third kappa shape index (κ3) is 4.35. The van der Waals surface area contributed by atoms with Gasteiger partial charge in [-0.3, -0.25) is 4.57 Å². The van der Waals surface area contributed by atoms with Gasteiger partial charge in [0.25, 0.3) is 6.01 Å². The summed E-state index contributed by atoms with van der Waals surface area (Å²) in [6.45, 7) is 0.364. The van der Waals surface area contributed by atoms with Crippen LogP contribution in [0.2, 0.25) is 0 Å². The predicted molar refractivity (Wildman–Crippen MR) is 97.0 cm³/mol. The Morgan fingerprint density at radius 2 is 2.00 bits per heavy atom. The molecule has 0 fully saturated rings. The van der Waals surface area contributed by atoms with Gasteiger partial charge in [0, 0.05) is 6.07 Å². The molecule has 0 spiro atoms. The normalized spacial score (nSPS) is 10.9. The molecule has 0 saturated heterocycles. The number of anilines is 1. The van der Waals surface area contributed by atoms with Crippen molar-refractivity contribution < 1.29 is 24.5 Å².